The smallest absolute Gasteiger partial charge is 0.303 e. The number of allylic oxidation sites excluding steroid dienone is 3. The van der Waals surface area contributed by atoms with Gasteiger partial charge in [0.25, 0.3) is 0 Å². The molecule has 4 heteroatoms. The summed E-state index contributed by atoms with van der Waals surface area (Å²) in [6.07, 6.45) is 21.6. The van der Waals surface area contributed by atoms with E-state index in [9.17, 15) is 15.0 Å². The van der Waals surface area contributed by atoms with Crippen LogP contribution < -0.4 is 5.73 Å². The monoisotopic (exact) mass is 523 g/mol. The van der Waals surface area contributed by atoms with Gasteiger partial charge in [-0.3, -0.25) is 4.79 Å². The number of aromatic hydroxyl groups is 1. The molecule has 2 aliphatic carbocycles. The summed E-state index contributed by atoms with van der Waals surface area (Å²) < 4.78 is 0. The highest BCUT2D eigenvalue weighted by Crippen LogP contribution is 2.47. The molecule has 1 saturated carbocycles. The molecule has 4 unspecified atom stereocenters. The third-order valence-electron chi connectivity index (χ3n) is 8.98. The van der Waals surface area contributed by atoms with Crippen LogP contribution in [0.25, 0.3) is 0 Å². The Morgan fingerprint density at radius 1 is 1.08 bits per heavy atom. The number of phenols is 1. The second-order valence-corrected chi connectivity index (χ2v) is 12.4. The van der Waals surface area contributed by atoms with Crippen LogP contribution >= 0.6 is 0 Å². The van der Waals surface area contributed by atoms with E-state index in [0.717, 1.165) is 31.7 Å². The molecular formula is C34H53NO3. The molecule has 4 atom stereocenters. The number of hydrogen-bond acceptors (Lipinski definition) is 3. The standard InChI is InChI=1S/C34H53NO3/c1-25(2)12-15-30-24-33(28-16-18-32(36)19-17-28)31(23-29(30)10-7-11-34(37)38)9-6-4-3-5-8-26-13-14-27(22-26)20-21-35/h10,16-19,22,25-26,30-31,33,36H,3-9,11-15,20-21,23-24,35H2,1-2H3,(H,37,38). The topological polar surface area (TPSA) is 83.5 Å². The summed E-state index contributed by atoms with van der Waals surface area (Å²) in [6, 6.07) is 7.92. The molecule has 0 bridgehead atoms. The summed E-state index contributed by atoms with van der Waals surface area (Å²) in [6.45, 7) is 5.36. The number of rotatable bonds is 16. The Labute approximate surface area is 231 Å². The van der Waals surface area contributed by atoms with Crippen LogP contribution in [0.4, 0.5) is 0 Å². The first-order valence-corrected chi connectivity index (χ1v) is 15.4. The van der Waals surface area contributed by atoms with Gasteiger partial charge in [0.2, 0.25) is 0 Å². The molecule has 38 heavy (non-hydrogen) atoms. The highest BCUT2D eigenvalue weighted by atomic mass is 16.4. The van der Waals surface area contributed by atoms with Crippen LogP contribution in [0.15, 0.2) is 47.6 Å². The van der Waals surface area contributed by atoms with E-state index in [0.29, 0.717) is 35.8 Å². The first kappa shape index (κ1) is 30.5. The molecule has 1 aromatic rings. The van der Waals surface area contributed by atoms with Crippen molar-refractivity contribution in [3.63, 3.8) is 0 Å². The zero-order chi connectivity index (χ0) is 27.3. The van der Waals surface area contributed by atoms with Crippen molar-refractivity contribution >= 4 is 5.97 Å². The molecule has 4 N–H and O–H groups in total. The summed E-state index contributed by atoms with van der Waals surface area (Å²) in [7, 11) is 0. The van der Waals surface area contributed by atoms with E-state index >= 15 is 0 Å². The van der Waals surface area contributed by atoms with Gasteiger partial charge in [-0.1, -0.05) is 81.4 Å². The number of carbonyl (C=O) groups is 1. The average molecular weight is 524 g/mol. The first-order chi connectivity index (χ1) is 18.4. The normalized spacial score (nSPS) is 24.7. The second kappa shape index (κ2) is 16.1. The minimum atomic E-state index is -0.710. The lowest BCUT2D eigenvalue weighted by Crippen LogP contribution is -2.26. The van der Waals surface area contributed by atoms with Gasteiger partial charge in [0.05, 0.1) is 0 Å². The molecule has 2 aliphatic rings. The molecule has 0 aromatic heterocycles. The van der Waals surface area contributed by atoms with Crippen molar-refractivity contribution in [2.24, 2.45) is 29.4 Å². The number of unbranched alkanes of at least 4 members (excludes halogenated alkanes) is 3. The predicted octanol–water partition coefficient (Wildman–Crippen LogP) is 8.76. The summed E-state index contributed by atoms with van der Waals surface area (Å²) in [5.41, 5.74) is 10.2. The maximum absolute atomic E-state index is 11.2. The third-order valence-corrected chi connectivity index (χ3v) is 8.98. The van der Waals surface area contributed by atoms with Crippen molar-refractivity contribution in [1.82, 2.24) is 0 Å². The largest absolute Gasteiger partial charge is 0.508 e. The van der Waals surface area contributed by atoms with Crippen LogP contribution in [0.1, 0.15) is 122 Å². The van der Waals surface area contributed by atoms with Gasteiger partial charge in [0.1, 0.15) is 5.75 Å². The number of aliphatic carboxylic acids is 1. The van der Waals surface area contributed by atoms with Crippen molar-refractivity contribution in [3.8, 4) is 5.75 Å². The Balaban J connectivity index is 1.59. The fourth-order valence-electron chi connectivity index (χ4n) is 6.82. The maximum Gasteiger partial charge on any atom is 0.303 e. The number of phenolic OH excluding ortho intramolecular Hbond substituents is 1. The summed E-state index contributed by atoms with van der Waals surface area (Å²) in [5, 5.41) is 19.1. The lowest BCUT2D eigenvalue weighted by Gasteiger charge is -2.39. The van der Waals surface area contributed by atoms with E-state index in [-0.39, 0.29) is 6.42 Å². The van der Waals surface area contributed by atoms with Gasteiger partial charge in [-0.25, -0.2) is 0 Å². The quantitative estimate of drug-likeness (QED) is 0.149. The molecule has 0 spiro atoms. The van der Waals surface area contributed by atoms with Crippen molar-refractivity contribution in [3.05, 3.63) is 53.1 Å². The molecule has 1 aromatic carbocycles. The van der Waals surface area contributed by atoms with E-state index in [2.05, 4.69) is 38.1 Å². The third kappa shape index (κ3) is 10.2. The Morgan fingerprint density at radius 2 is 1.82 bits per heavy atom. The van der Waals surface area contributed by atoms with Crippen LogP contribution in [-0.4, -0.2) is 22.7 Å². The predicted molar refractivity (Wildman–Crippen MR) is 158 cm³/mol. The fraction of sp³-hybridized carbons (Fsp3) is 0.676. The highest BCUT2D eigenvalue weighted by Gasteiger charge is 2.34. The first-order valence-electron chi connectivity index (χ1n) is 15.4. The highest BCUT2D eigenvalue weighted by molar-refractivity contribution is 5.66. The van der Waals surface area contributed by atoms with Crippen molar-refractivity contribution in [2.75, 3.05) is 6.54 Å². The van der Waals surface area contributed by atoms with Crippen molar-refractivity contribution in [1.29, 1.82) is 0 Å². The van der Waals surface area contributed by atoms with Gasteiger partial charge in [0, 0.05) is 6.42 Å². The minimum absolute atomic E-state index is 0.219. The number of carboxylic acids is 1. The number of benzene rings is 1. The zero-order valence-electron chi connectivity index (χ0n) is 24.0. The molecule has 0 saturated heterocycles. The van der Waals surface area contributed by atoms with Crippen LogP contribution in [-0.2, 0) is 4.79 Å². The van der Waals surface area contributed by atoms with Gasteiger partial charge < -0.3 is 15.9 Å². The van der Waals surface area contributed by atoms with Crippen LogP contribution in [0.3, 0.4) is 0 Å². The molecule has 3 rings (SSSR count). The number of carboxylic acid groups (broad SMARTS) is 1. The Morgan fingerprint density at radius 3 is 2.50 bits per heavy atom. The molecule has 4 nitrogen and oxygen atoms in total. The summed E-state index contributed by atoms with van der Waals surface area (Å²) in [4.78, 5) is 11.2. The molecule has 0 aliphatic heterocycles. The molecule has 0 amide bonds. The molecule has 0 radical (unpaired) electrons. The van der Waals surface area contributed by atoms with Crippen LogP contribution in [0.2, 0.25) is 0 Å². The average Bonchev–Trinajstić information content (AvgIpc) is 3.33. The maximum atomic E-state index is 11.2. The SMILES string of the molecule is CC(C)CCC1CC(c2ccc(O)cc2)C(CCCCCCC2C=C(CCN)CC2)CC1=CCCC(=O)O. The van der Waals surface area contributed by atoms with E-state index in [1.54, 1.807) is 5.57 Å². The van der Waals surface area contributed by atoms with Gasteiger partial charge in [-0.05, 0) is 112 Å². The van der Waals surface area contributed by atoms with Crippen LogP contribution in [0.5, 0.6) is 5.75 Å². The zero-order valence-corrected chi connectivity index (χ0v) is 24.0. The summed E-state index contributed by atoms with van der Waals surface area (Å²) in [5.74, 6) is 2.70. The number of nitrogens with two attached hydrogens (primary N) is 1. The Hall–Kier alpha value is -2.07. The van der Waals surface area contributed by atoms with Crippen molar-refractivity contribution in [2.45, 2.75) is 116 Å². The Kier molecular flexibility index (Phi) is 12.9. The minimum Gasteiger partial charge on any atom is -0.508 e. The van der Waals surface area contributed by atoms with Gasteiger partial charge in [-0.15, -0.1) is 0 Å². The summed E-state index contributed by atoms with van der Waals surface area (Å²) >= 11 is 0. The lowest BCUT2D eigenvalue weighted by molar-refractivity contribution is -0.136. The lowest BCUT2D eigenvalue weighted by atomic mass is 9.66. The van der Waals surface area contributed by atoms with Crippen molar-refractivity contribution < 1.29 is 15.0 Å². The van der Waals surface area contributed by atoms with Gasteiger partial charge >= 0.3 is 5.97 Å². The van der Waals surface area contributed by atoms with E-state index < -0.39 is 5.97 Å². The fourth-order valence-corrected chi connectivity index (χ4v) is 6.82. The molecule has 212 valence electrons. The number of hydrogen-bond donors (Lipinski definition) is 3. The molecule has 0 heterocycles. The Bertz CT molecular complexity index is 901. The van der Waals surface area contributed by atoms with E-state index in [1.165, 1.54) is 75.3 Å². The second-order valence-electron chi connectivity index (χ2n) is 12.4. The van der Waals surface area contributed by atoms with Gasteiger partial charge in [-0.2, -0.15) is 0 Å². The molecule has 1 fully saturated rings. The molecular weight excluding hydrogens is 470 g/mol. The van der Waals surface area contributed by atoms with Crippen LogP contribution in [0, 0.1) is 23.7 Å². The van der Waals surface area contributed by atoms with E-state index in [4.69, 9.17) is 5.73 Å². The van der Waals surface area contributed by atoms with Gasteiger partial charge in [0.15, 0.2) is 0 Å². The van der Waals surface area contributed by atoms with E-state index in [1.807, 2.05) is 12.1 Å².